The second-order valence-corrected chi connectivity index (χ2v) is 8.30. The molecule has 4 rings (SSSR count). The van der Waals surface area contributed by atoms with Gasteiger partial charge in [-0.2, -0.15) is 18.4 Å². The summed E-state index contributed by atoms with van der Waals surface area (Å²) in [7, 11) is 1.44. The van der Waals surface area contributed by atoms with Gasteiger partial charge in [-0.05, 0) is 19.1 Å². The largest absolute Gasteiger partial charge is 0.416 e. The van der Waals surface area contributed by atoms with Crippen LogP contribution in [0.1, 0.15) is 34.1 Å². The van der Waals surface area contributed by atoms with Gasteiger partial charge < -0.3 is 20.5 Å². The molecule has 186 valence electrons. The summed E-state index contributed by atoms with van der Waals surface area (Å²) in [6.45, 7) is 2.17. The van der Waals surface area contributed by atoms with Gasteiger partial charge in [-0.3, -0.25) is 15.0 Å². The van der Waals surface area contributed by atoms with E-state index in [4.69, 9.17) is 10.7 Å². The van der Waals surface area contributed by atoms with Gasteiger partial charge in [-0.1, -0.05) is 6.07 Å². The first-order chi connectivity index (χ1) is 17.0. The first-order valence-electron chi connectivity index (χ1n) is 10.8. The fourth-order valence-electron chi connectivity index (χ4n) is 3.82. The third-order valence-electron chi connectivity index (χ3n) is 5.86. The smallest absolute Gasteiger partial charge is 0.388 e. The van der Waals surface area contributed by atoms with Crippen molar-refractivity contribution in [2.75, 3.05) is 25.5 Å². The van der Waals surface area contributed by atoms with Crippen molar-refractivity contribution < 1.29 is 22.8 Å². The van der Waals surface area contributed by atoms with Crippen molar-refractivity contribution in [3.63, 3.8) is 0 Å². The van der Waals surface area contributed by atoms with Gasteiger partial charge in [0.15, 0.2) is 5.65 Å². The number of likely N-dealkylation sites (tertiary alicyclic amines) is 1. The highest BCUT2D eigenvalue weighted by Gasteiger charge is 2.34. The monoisotopic (exact) mass is 498 g/mol. The second kappa shape index (κ2) is 9.29. The molecule has 2 amide bonds. The molecule has 1 atom stereocenters. The molecule has 0 radical (unpaired) electrons. The summed E-state index contributed by atoms with van der Waals surface area (Å²) < 4.78 is 39.2. The molecule has 0 spiro atoms. The molecular weight excluding hydrogens is 477 g/mol. The third kappa shape index (κ3) is 4.57. The van der Waals surface area contributed by atoms with Gasteiger partial charge in [0.1, 0.15) is 17.3 Å². The maximum Gasteiger partial charge on any atom is 0.416 e. The van der Waals surface area contributed by atoms with E-state index in [9.17, 15) is 22.8 Å². The topological polar surface area (TPSA) is 151 Å². The lowest BCUT2D eigenvalue weighted by molar-refractivity contribution is -0.138. The molecule has 0 saturated carbocycles. The minimum absolute atomic E-state index is 0.0413. The number of hydrogen-bond acceptors (Lipinski definition) is 7. The van der Waals surface area contributed by atoms with Crippen molar-refractivity contribution in [2.24, 2.45) is 5.92 Å². The molecule has 3 heterocycles. The Labute approximate surface area is 203 Å². The highest BCUT2D eigenvalue weighted by Crippen LogP contribution is 2.32. The summed E-state index contributed by atoms with van der Waals surface area (Å²) >= 11 is 0. The molecule has 36 heavy (non-hydrogen) atoms. The predicted octanol–water partition coefficient (Wildman–Crippen LogP) is 2.53. The van der Waals surface area contributed by atoms with E-state index in [0.717, 1.165) is 12.1 Å². The van der Waals surface area contributed by atoms with Crippen molar-refractivity contribution in [2.45, 2.75) is 19.1 Å². The van der Waals surface area contributed by atoms with Gasteiger partial charge in [0.25, 0.3) is 5.91 Å². The van der Waals surface area contributed by atoms with Crippen LogP contribution in [0.25, 0.3) is 11.2 Å². The van der Waals surface area contributed by atoms with E-state index < -0.39 is 23.7 Å². The number of amides is 2. The number of nitrogens with one attached hydrogen (secondary N) is 4. The van der Waals surface area contributed by atoms with E-state index in [2.05, 4.69) is 31.7 Å². The third-order valence-corrected chi connectivity index (χ3v) is 5.86. The number of aromatic nitrogens is 3. The normalized spacial score (nSPS) is 14.6. The summed E-state index contributed by atoms with van der Waals surface area (Å²) in [6, 6.07) is 4.19. The number of anilines is 1. The summed E-state index contributed by atoms with van der Waals surface area (Å²) in [5.74, 6) is -1.12. The number of carbonyl (C=O) groups is 2. The Kier molecular flexibility index (Phi) is 6.36. The number of aromatic amines is 1. The maximum absolute atomic E-state index is 13.1. The molecule has 0 bridgehead atoms. The lowest BCUT2D eigenvalue weighted by Crippen LogP contribution is -2.55. The number of carbonyl (C=O) groups excluding carboxylic acids is 2. The zero-order valence-corrected chi connectivity index (χ0v) is 19.2. The highest BCUT2D eigenvalue weighted by molar-refractivity contribution is 6.14. The van der Waals surface area contributed by atoms with E-state index >= 15 is 0 Å². The number of halogens is 3. The van der Waals surface area contributed by atoms with E-state index in [1.165, 1.54) is 37.3 Å². The Balaban J connectivity index is 1.57. The number of rotatable bonds is 6. The SMILES string of the molecule is CNc1cc(C(F)(F)F)ccc1C(=N)c1cnc2[nH]cc(C(=O)NC(C)C(=O)N3CC(C#N)C3)c2n1. The van der Waals surface area contributed by atoms with Gasteiger partial charge >= 0.3 is 6.18 Å². The van der Waals surface area contributed by atoms with Crippen LogP contribution >= 0.6 is 0 Å². The average Bonchev–Trinajstić information content (AvgIpc) is 3.25. The fourth-order valence-corrected chi connectivity index (χ4v) is 3.82. The molecule has 1 saturated heterocycles. The van der Waals surface area contributed by atoms with Gasteiger partial charge in [-0.15, -0.1) is 0 Å². The summed E-state index contributed by atoms with van der Waals surface area (Å²) in [4.78, 5) is 38.2. The first-order valence-corrected chi connectivity index (χ1v) is 10.8. The van der Waals surface area contributed by atoms with Gasteiger partial charge in [0.05, 0.1) is 35.0 Å². The van der Waals surface area contributed by atoms with Crippen molar-refractivity contribution in [1.29, 1.82) is 10.7 Å². The Bertz CT molecular complexity index is 1400. The molecular formula is C23H21F3N8O2. The van der Waals surface area contributed by atoms with Crippen LogP contribution in [0.2, 0.25) is 0 Å². The molecule has 13 heteroatoms. The fraction of sp³-hybridized carbons (Fsp3) is 0.304. The lowest BCUT2D eigenvalue weighted by atomic mass is 10.0. The van der Waals surface area contributed by atoms with Crippen molar-refractivity contribution in [3.05, 3.63) is 53.0 Å². The molecule has 2 aromatic heterocycles. The summed E-state index contributed by atoms with van der Waals surface area (Å²) in [5, 5.41) is 22.7. The molecule has 10 nitrogen and oxygen atoms in total. The highest BCUT2D eigenvalue weighted by atomic mass is 19.4. The number of H-pyrrole nitrogens is 1. The number of hydrogen-bond donors (Lipinski definition) is 4. The molecule has 1 aliphatic rings. The minimum Gasteiger partial charge on any atom is -0.388 e. The summed E-state index contributed by atoms with van der Waals surface area (Å²) in [5.41, 5.74) is -0.266. The maximum atomic E-state index is 13.1. The average molecular weight is 498 g/mol. The number of benzene rings is 1. The molecule has 4 N–H and O–H groups in total. The lowest BCUT2D eigenvalue weighted by Gasteiger charge is -2.37. The number of nitriles is 1. The quantitative estimate of drug-likeness (QED) is 0.384. The van der Waals surface area contributed by atoms with Gasteiger partial charge in [0.2, 0.25) is 5.91 Å². The van der Waals surface area contributed by atoms with Gasteiger partial charge in [0, 0.05) is 37.6 Å². The zero-order valence-electron chi connectivity index (χ0n) is 19.2. The van der Waals surface area contributed by atoms with E-state index in [1.807, 2.05) is 0 Å². The standard InChI is InChI=1S/C23H21F3N8O2/c1-11(22(36)34-9-12(6-27)10-34)32-21(35)15-7-30-20-19(15)33-17(8-31-20)18(28)14-4-3-13(23(24,25)26)5-16(14)29-2/h3-5,7-8,11-12,28-29H,9-10H2,1-2H3,(H,30,31)(H,32,35). The van der Waals surface area contributed by atoms with Crippen LogP contribution in [0.5, 0.6) is 0 Å². The van der Waals surface area contributed by atoms with Crippen LogP contribution in [0, 0.1) is 22.7 Å². The van der Waals surface area contributed by atoms with E-state index in [0.29, 0.717) is 13.1 Å². The van der Waals surface area contributed by atoms with E-state index in [1.54, 1.807) is 0 Å². The minimum atomic E-state index is -4.54. The van der Waals surface area contributed by atoms with Crippen LogP contribution in [0.15, 0.2) is 30.6 Å². The number of nitrogens with zero attached hydrogens (tertiary/aromatic N) is 4. The Morgan fingerprint density at radius 3 is 2.67 bits per heavy atom. The second-order valence-electron chi connectivity index (χ2n) is 8.30. The molecule has 1 unspecified atom stereocenters. The zero-order chi connectivity index (χ0) is 26.2. The van der Waals surface area contributed by atoms with Gasteiger partial charge in [-0.25, -0.2) is 9.97 Å². The molecule has 1 aromatic carbocycles. The predicted molar refractivity (Wildman–Crippen MR) is 123 cm³/mol. The van der Waals surface area contributed by atoms with Crippen LogP contribution in [0.4, 0.5) is 18.9 Å². The van der Waals surface area contributed by atoms with Crippen LogP contribution < -0.4 is 10.6 Å². The van der Waals surface area contributed by atoms with Crippen molar-refractivity contribution in [1.82, 2.24) is 25.2 Å². The summed E-state index contributed by atoms with van der Waals surface area (Å²) in [6.07, 6.45) is -1.89. The van der Waals surface area contributed by atoms with Crippen LogP contribution in [-0.4, -0.2) is 63.6 Å². The number of alkyl halides is 3. The Morgan fingerprint density at radius 1 is 1.31 bits per heavy atom. The molecule has 1 fully saturated rings. The number of fused-ring (bicyclic) bond motifs is 1. The Morgan fingerprint density at radius 2 is 2.03 bits per heavy atom. The van der Waals surface area contributed by atoms with Crippen molar-refractivity contribution >= 4 is 34.4 Å². The first kappa shape index (κ1) is 24.6. The van der Waals surface area contributed by atoms with Crippen LogP contribution in [-0.2, 0) is 11.0 Å². The van der Waals surface area contributed by atoms with Crippen molar-refractivity contribution in [3.8, 4) is 6.07 Å². The Hall–Kier alpha value is -4.47. The van der Waals surface area contributed by atoms with E-state index in [-0.39, 0.29) is 51.2 Å². The van der Waals surface area contributed by atoms with Crippen LogP contribution in [0.3, 0.4) is 0 Å². The molecule has 1 aliphatic heterocycles. The molecule has 0 aliphatic carbocycles. The molecule has 3 aromatic rings.